The molecule has 2 heterocycles. The van der Waals surface area contributed by atoms with E-state index in [-0.39, 0.29) is 11.6 Å². The van der Waals surface area contributed by atoms with Gasteiger partial charge in [-0.15, -0.1) is 0 Å². The number of carboxylic acids is 1. The fraction of sp³-hybridized carbons (Fsp3) is 0.312. The standard InChI is InChI=1S/C16H16N2O4/c1-22-11-5-7-12-10(9-11)4-6-13(17-12)15(19)18-8-2-3-14(18)16(20)21/h4-7,9,14H,2-3,8H2,1H3,(H,20,21)/t14-/m1/s1. The van der Waals surface area contributed by atoms with Gasteiger partial charge in [0.05, 0.1) is 12.6 Å². The third-order valence-electron chi connectivity index (χ3n) is 3.91. The highest BCUT2D eigenvalue weighted by Crippen LogP contribution is 2.23. The van der Waals surface area contributed by atoms with Crippen molar-refractivity contribution in [3.8, 4) is 5.75 Å². The molecule has 0 saturated carbocycles. The van der Waals surface area contributed by atoms with Gasteiger partial charge in [-0.1, -0.05) is 6.07 Å². The zero-order valence-electron chi connectivity index (χ0n) is 12.2. The highest BCUT2D eigenvalue weighted by Gasteiger charge is 2.34. The van der Waals surface area contributed by atoms with Gasteiger partial charge in [0.25, 0.3) is 5.91 Å². The first kappa shape index (κ1) is 14.3. The van der Waals surface area contributed by atoms with Crippen LogP contribution in [0.15, 0.2) is 30.3 Å². The minimum Gasteiger partial charge on any atom is -0.497 e. The Hall–Kier alpha value is -2.63. The van der Waals surface area contributed by atoms with E-state index >= 15 is 0 Å². The predicted molar refractivity (Wildman–Crippen MR) is 80.0 cm³/mol. The van der Waals surface area contributed by atoms with E-state index in [0.29, 0.717) is 24.9 Å². The molecule has 0 unspecified atom stereocenters. The topological polar surface area (TPSA) is 79.7 Å². The summed E-state index contributed by atoms with van der Waals surface area (Å²) in [6.45, 7) is 0.456. The zero-order valence-corrected chi connectivity index (χ0v) is 12.2. The first-order valence-electron chi connectivity index (χ1n) is 7.09. The lowest BCUT2D eigenvalue weighted by Crippen LogP contribution is -2.40. The van der Waals surface area contributed by atoms with Gasteiger partial charge in [0.2, 0.25) is 0 Å². The van der Waals surface area contributed by atoms with Crippen molar-refractivity contribution in [3.05, 3.63) is 36.0 Å². The average molecular weight is 300 g/mol. The molecular weight excluding hydrogens is 284 g/mol. The van der Waals surface area contributed by atoms with Crippen molar-refractivity contribution in [2.24, 2.45) is 0 Å². The summed E-state index contributed by atoms with van der Waals surface area (Å²) in [5.41, 5.74) is 0.948. The summed E-state index contributed by atoms with van der Waals surface area (Å²) in [5.74, 6) is -0.571. The van der Waals surface area contributed by atoms with E-state index in [9.17, 15) is 14.7 Å². The van der Waals surface area contributed by atoms with E-state index in [4.69, 9.17) is 4.74 Å². The molecule has 0 bridgehead atoms. The number of amides is 1. The number of ether oxygens (including phenoxy) is 1. The van der Waals surface area contributed by atoms with Crippen molar-refractivity contribution in [1.82, 2.24) is 9.88 Å². The molecule has 1 aromatic carbocycles. The Morgan fingerprint density at radius 2 is 2.14 bits per heavy atom. The van der Waals surface area contributed by atoms with Crippen LogP contribution in [0.5, 0.6) is 5.75 Å². The van der Waals surface area contributed by atoms with Crippen LogP contribution in [0.1, 0.15) is 23.3 Å². The molecule has 3 rings (SSSR count). The smallest absolute Gasteiger partial charge is 0.326 e. The highest BCUT2D eigenvalue weighted by molar-refractivity contribution is 5.97. The maximum absolute atomic E-state index is 12.5. The molecular formula is C16H16N2O4. The molecule has 1 aromatic heterocycles. The molecule has 6 heteroatoms. The summed E-state index contributed by atoms with van der Waals surface area (Å²) in [7, 11) is 1.59. The summed E-state index contributed by atoms with van der Waals surface area (Å²) in [6, 6.07) is 8.07. The van der Waals surface area contributed by atoms with Crippen LogP contribution in [-0.2, 0) is 4.79 Å². The SMILES string of the molecule is COc1ccc2nc(C(=O)N3CCC[C@@H]3C(=O)O)ccc2c1. The fourth-order valence-corrected chi connectivity index (χ4v) is 2.76. The molecule has 6 nitrogen and oxygen atoms in total. The van der Waals surface area contributed by atoms with Gasteiger partial charge in [-0.25, -0.2) is 9.78 Å². The maximum Gasteiger partial charge on any atom is 0.326 e. The number of aliphatic carboxylic acids is 1. The molecule has 1 saturated heterocycles. The number of nitrogens with zero attached hydrogens (tertiary/aromatic N) is 2. The second-order valence-electron chi connectivity index (χ2n) is 5.25. The molecule has 1 aliphatic rings. The molecule has 2 aromatic rings. The normalized spacial score (nSPS) is 17.7. The summed E-state index contributed by atoms with van der Waals surface area (Å²) in [6.07, 6.45) is 1.19. The van der Waals surface area contributed by atoms with Crippen molar-refractivity contribution in [3.63, 3.8) is 0 Å². The summed E-state index contributed by atoms with van der Waals surface area (Å²) in [5, 5.41) is 10.0. The number of fused-ring (bicyclic) bond motifs is 1. The molecule has 1 fully saturated rings. The number of aromatic nitrogens is 1. The highest BCUT2D eigenvalue weighted by atomic mass is 16.5. The van der Waals surface area contributed by atoms with Gasteiger partial charge in [-0.05, 0) is 37.1 Å². The second-order valence-corrected chi connectivity index (χ2v) is 5.25. The third kappa shape index (κ3) is 2.47. The van der Waals surface area contributed by atoms with Crippen molar-refractivity contribution in [2.75, 3.05) is 13.7 Å². The zero-order chi connectivity index (χ0) is 15.7. The largest absolute Gasteiger partial charge is 0.497 e. The molecule has 0 aliphatic carbocycles. The lowest BCUT2D eigenvalue weighted by atomic mass is 10.1. The van der Waals surface area contributed by atoms with Crippen LogP contribution in [0.4, 0.5) is 0 Å². The number of hydrogen-bond donors (Lipinski definition) is 1. The van der Waals surface area contributed by atoms with Gasteiger partial charge in [-0.3, -0.25) is 4.79 Å². The van der Waals surface area contributed by atoms with E-state index in [1.54, 1.807) is 31.4 Å². The van der Waals surface area contributed by atoms with Crippen molar-refractivity contribution in [1.29, 1.82) is 0 Å². The van der Waals surface area contributed by atoms with Crippen LogP contribution in [0.2, 0.25) is 0 Å². The first-order valence-corrected chi connectivity index (χ1v) is 7.09. The van der Waals surface area contributed by atoms with E-state index < -0.39 is 12.0 Å². The fourth-order valence-electron chi connectivity index (χ4n) is 2.76. The molecule has 1 aliphatic heterocycles. The minimum absolute atomic E-state index is 0.269. The van der Waals surface area contributed by atoms with Crippen LogP contribution in [0.3, 0.4) is 0 Å². The monoisotopic (exact) mass is 300 g/mol. The Bertz CT molecular complexity index is 744. The number of hydrogen-bond acceptors (Lipinski definition) is 4. The minimum atomic E-state index is -0.962. The van der Waals surface area contributed by atoms with Gasteiger partial charge in [0.15, 0.2) is 0 Å². The lowest BCUT2D eigenvalue weighted by Gasteiger charge is -2.21. The Labute approximate surface area is 127 Å². The van der Waals surface area contributed by atoms with Crippen molar-refractivity contribution in [2.45, 2.75) is 18.9 Å². The number of methoxy groups -OCH3 is 1. The number of carbonyl (C=O) groups excluding carboxylic acids is 1. The third-order valence-corrected chi connectivity index (χ3v) is 3.91. The molecule has 1 atom stereocenters. The van der Waals surface area contributed by atoms with E-state index in [1.165, 1.54) is 4.90 Å². The first-order chi connectivity index (χ1) is 10.6. The van der Waals surface area contributed by atoms with E-state index in [1.807, 2.05) is 6.07 Å². The molecule has 1 N–H and O–H groups in total. The number of rotatable bonds is 3. The van der Waals surface area contributed by atoms with Crippen LogP contribution in [-0.4, -0.2) is 46.6 Å². The molecule has 0 spiro atoms. The molecule has 114 valence electrons. The molecule has 22 heavy (non-hydrogen) atoms. The average Bonchev–Trinajstić information content (AvgIpc) is 3.03. The summed E-state index contributed by atoms with van der Waals surface area (Å²) < 4.78 is 5.15. The second kappa shape index (κ2) is 5.63. The van der Waals surface area contributed by atoms with Crippen LogP contribution in [0, 0.1) is 0 Å². The number of carboxylic acid groups (broad SMARTS) is 1. The van der Waals surface area contributed by atoms with Gasteiger partial charge >= 0.3 is 5.97 Å². The van der Waals surface area contributed by atoms with E-state index in [2.05, 4.69) is 4.98 Å². The van der Waals surface area contributed by atoms with E-state index in [0.717, 1.165) is 11.1 Å². The Balaban J connectivity index is 1.92. The van der Waals surface area contributed by atoms with Crippen LogP contribution in [0.25, 0.3) is 10.9 Å². The number of pyridine rings is 1. The van der Waals surface area contributed by atoms with Crippen molar-refractivity contribution >= 4 is 22.8 Å². The Morgan fingerprint density at radius 1 is 1.32 bits per heavy atom. The van der Waals surface area contributed by atoms with Gasteiger partial charge < -0.3 is 14.7 Å². The van der Waals surface area contributed by atoms with Crippen LogP contribution < -0.4 is 4.74 Å². The van der Waals surface area contributed by atoms with Gasteiger partial charge in [-0.2, -0.15) is 0 Å². The molecule has 1 amide bonds. The van der Waals surface area contributed by atoms with Crippen molar-refractivity contribution < 1.29 is 19.4 Å². The Kier molecular flexibility index (Phi) is 3.66. The summed E-state index contributed by atoms with van der Waals surface area (Å²) in [4.78, 5) is 29.4. The van der Waals surface area contributed by atoms with Gasteiger partial charge in [0, 0.05) is 11.9 Å². The van der Waals surface area contributed by atoms with Crippen LogP contribution >= 0.6 is 0 Å². The number of benzene rings is 1. The predicted octanol–water partition coefficient (Wildman–Crippen LogP) is 1.93. The molecule has 0 radical (unpaired) electrons. The Morgan fingerprint density at radius 3 is 2.86 bits per heavy atom. The van der Waals surface area contributed by atoms with Gasteiger partial charge in [0.1, 0.15) is 17.5 Å². The summed E-state index contributed by atoms with van der Waals surface area (Å²) >= 11 is 0. The maximum atomic E-state index is 12.5. The quantitative estimate of drug-likeness (QED) is 0.937. The lowest BCUT2D eigenvalue weighted by molar-refractivity contribution is -0.141. The number of carbonyl (C=O) groups is 2. The number of likely N-dealkylation sites (tertiary alicyclic amines) is 1.